The van der Waals surface area contributed by atoms with Crippen LogP contribution in [-0.4, -0.2) is 5.78 Å². The summed E-state index contributed by atoms with van der Waals surface area (Å²) in [6.07, 6.45) is 1.29. The molecule has 3 heteroatoms. The summed E-state index contributed by atoms with van der Waals surface area (Å²) in [6, 6.07) is 10.9. The number of rotatable bonds is 2. The van der Waals surface area contributed by atoms with Gasteiger partial charge in [-0.3, -0.25) is 4.79 Å². The third kappa shape index (κ3) is 2.28. The minimum absolute atomic E-state index is 0.121. The molecule has 0 fully saturated rings. The van der Waals surface area contributed by atoms with Crippen LogP contribution >= 0.6 is 0 Å². The van der Waals surface area contributed by atoms with Crippen LogP contribution in [0.3, 0.4) is 0 Å². The van der Waals surface area contributed by atoms with E-state index >= 15 is 0 Å². The fourth-order valence-electron chi connectivity index (χ4n) is 2.68. The summed E-state index contributed by atoms with van der Waals surface area (Å²) in [5, 5.41) is 0. The van der Waals surface area contributed by atoms with Crippen molar-refractivity contribution in [2.24, 2.45) is 5.92 Å². The maximum absolute atomic E-state index is 13.1. The van der Waals surface area contributed by atoms with Crippen molar-refractivity contribution < 1.29 is 13.6 Å². The van der Waals surface area contributed by atoms with Crippen LogP contribution in [0.5, 0.6) is 0 Å². The standard InChI is InChI=1S/C16H12F2O/c17-14-7-13(8-15(18)9-14)16(19)12-5-10-3-1-2-4-11(10)6-12/h1-4,7-9,12H,5-6H2. The van der Waals surface area contributed by atoms with Crippen LogP contribution in [-0.2, 0) is 12.8 Å². The highest BCUT2D eigenvalue weighted by molar-refractivity contribution is 5.98. The molecule has 0 N–H and O–H groups in total. The predicted molar refractivity (Wildman–Crippen MR) is 68.0 cm³/mol. The third-order valence-electron chi connectivity index (χ3n) is 3.57. The van der Waals surface area contributed by atoms with Crippen LogP contribution in [0.4, 0.5) is 8.78 Å². The van der Waals surface area contributed by atoms with Gasteiger partial charge in [0, 0.05) is 17.5 Å². The van der Waals surface area contributed by atoms with Gasteiger partial charge in [-0.1, -0.05) is 24.3 Å². The molecule has 0 aliphatic heterocycles. The van der Waals surface area contributed by atoms with Crippen LogP contribution in [0.25, 0.3) is 0 Å². The van der Waals surface area contributed by atoms with Crippen molar-refractivity contribution in [3.05, 3.63) is 70.8 Å². The lowest BCUT2D eigenvalue weighted by Crippen LogP contribution is -2.15. The van der Waals surface area contributed by atoms with Gasteiger partial charge in [0.25, 0.3) is 0 Å². The second-order valence-electron chi connectivity index (χ2n) is 4.90. The van der Waals surface area contributed by atoms with Crippen molar-refractivity contribution in [3.63, 3.8) is 0 Å². The van der Waals surface area contributed by atoms with E-state index in [1.165, 1.54) is 0 Å². The van der Waals surface area contributed by atoms with Crippen molar-refractivity contribution in [2.45, 2.75) is 12.8 Å². The molecular weight excluding hydrogens is 246 g/mol. The van der Waals surface area contributed by atoms with Crippen LogP contribution < -0.4 is 0 Å². The maximum atomic E-state index is 13.1. The van der Waals surface area contributed by atoms with Crippen molar-refractivity contribution in [3.8, 4) is 0 Å². The molecule has 2 aromatic rings. The number of ketones is 1. The van der Waals surface area contributed by atoms with E-state index in [0.29, 0.717) is 12.8 Å². The molecule has 0 heterocycles. The largest absolute Gasteiger partial charge is 0.294 e. The molecule has 0 amide bonds. The first-order chi connectivity index (χ1) is 9.13. The minimum atomic E-state index is -0.709. The number of carbonyl (C=O) groups excluding carboxylic acids is 1. The monoisotopic (exact) mass is 258 g/mol. The van der Waals surface area contributed by atoms with Gasteiger partial charge in [-0.25, -0.2) is 8.78 Å². The summed E-state index contributed by atoms with van der Waals surface area (Å²) in [7, 11) is 0. The summed E-state index contributed by atoms with van der Waals surface area (Å²) >= 11 is 0. The molecular formula is C16H12F2O. The van der Waals surface area contributed by atoms with Gasteiger partial charge in [-0.2, -0.15) is 0 Å². The molecule has 1 nitrogen and oxygen atoms in total. The zero-order valence-corrected chi connectivity index (χ0v) is 10.2. The minimum Gasteiger partial charge on any atom is -0.294 e. The van der Waals surface area contributed by atoms with Crippen molar-refractivity contribution in [2.75, 3.05) is 0 Å². The number of hydrogen-bond acceptors (Lipinski definition) is 1. The van der Waals surface area contributed by atoms with Gasteiger partial charge < -0.3 is 0 Å². The Kier molecular flexibility index (Phi) is 2.90. The SMILES string of the molecule is O=C(c1cc(F)cc(F)c1)C1Cc2ccccc2C1. The molecule has 0 radical (unpaired) electrons. The Balaban J connectivity index is 1.87. The molecule has 0 unspecified atom stereocenters. The maximum Gasteiger partial charge on any atom is 0.166 e. The van der Waals surface area contributed by atoms with Gasteiger partial charge in [0.15, 0.2) is 5.78 Å². The normalized spacial score (nSPS) is 14.4. The lowest BCUT2D eigenvalue weighted by atomic mass is 9.95. The number of benzene rings is 2. The van der Waals surface area contributed by atoms with Gasteiger partial charge in [-0.15, -0.1) is 0 Å². The molecule has 0 saturated carbocycles. The van der Waals surface area contributed by atoms with Crippen molar-refractivity contribution >= 4 is 5.78 Å². The summed E-state index contributed by atoms with van der Waals surface area (Å²) in [6.45, 7) is 0. The van der Waals surface area contributed by atoms with E-state index in [9.17, 15) is 13.6 Å². The molecule has 0 atom stereocenters. The number of hydrogen-bond donors (Lipinski definition) is 0. The third-order valence-corrected chi connectivity index (χ3v) is 3.57. The Labute approximate surface area is 109 Å². The smallest absolute Gasteiger partial charge is 0.166 e. The highest BCUT2D eigenvalue weighted by Gasteiger charge is 2.28. The second-order valence-corrected chi connectivity index (χ2v) is 4.90. The predicted octanol–water partition coefficient (Wildman–Crippen LogP) is 3.56. The molecule has 1 aliphatic rings. The number of carbonyl (C=O) groups is 1. The fourth-order valence-corrected chi connectivity index (χ4v) is 2.68. The molecule has 3 rings (SSSR count). The van der Waals surface area contributed by atoms with Gasteiger partial charge in [0.1, 0.15) is 11.6 Å². The Hall–Kier alpha value is -2.03. The summed E-state index contributed by atoms with van der Waals surface area (Å²) in [4.78, 5) is 12.3. The Morgan fingerprint density at radius 2 is 1.47 bits per heavy atom. The van der Waals surface area contributed by atoms with Crippen LogP contribution in [0, 0.1) is 17.6 Å². The second kappa shape index (κ2) is 4.57. The highest BCUT2D eigenvalue weighted by Crippen LogP contribution is 2.29. The van der Waals surface area contributed by atoms with Gasteiger partial charge in [0.2, 0.25) is 0 Å². The lowest BCUT2D eigenvalue weighted by molar-refractivity contribution is 0.0924. The van der Waals surface area contributed by atoms with Crippen LogP contribution in [0.15, 0.2) is 42.5 Å². The molecule has 0 bridgehead atoms. The molecule has 96 valence electrons. The van der Waals surface area contributed by atoms with Crippen molar-refractivity contribution in [1.82, 2.24) is 0 Å². The lowest BCUT2D eigenvalue weighted by Gasteiger charge is -2.08. The molecule has 19 heavy (non-hydrogen) atoms. The molecule has 1 aliphatic carbocycles. The first-order valence-corrected chi connectivity index (χ1v) is 6.20. The number of halogens is 2. The molecule has 0 aromatic heterocycles. The zero-order valence-electron chi connectivity index (χ0n) is 10.2. The van der Waals surface area contributed by atoms with Crippen molar-refractivity contribution in [1.29, 1.82) is 0 Å². The number of Topliss-reactive ketones (excluding diaryl/α,β-unsaturated/α-hetero) is 1. The fraction of sp³-hybridized carbons (Fsp3) is 0.188. The quantitative estimate of drug-likeness (QED) is 0.753. The Morgan fingerprint density at radius 1 is 0.947 bits per heavy atom. The highest BCUT2D eigenvalue weighted by atomic mass is 19.1. The average Bonchev–Trinajstić information content (AvgIpc) is 2.80. The van der Waals surface area contributed by atoms with E-state index in [4.69, 9.17) is 0 Å². The van der Waals surface area contributed by atoms with Gasteiger partial charge in [-0.05, 0) is 36.1 Å². The van der Waals surface area contributed by atoms with E-state index < -0.39 is 11.6 Å². The Morgan fingerprint density at radius 3 is 2.00 bits per heavy atom. The van der Waals surface area contributed by atoms with Gasteiger partial charge in [0.05, 0.1) is 0 Å². The number of fused-ring (bicyclic) bond motifs is 1. The topological polar surface area (TPSA) is 17.1 Å². The van der Waals surface area contributed by atoms with E-state index in [2.05, 4.69) is 0 Å². The van der Waals surface area contributed by atoms with Crippen LogP contribution in [0.2, 0.25) is 0 Å². The first-order valence-electron chi connectivity index (χ1n) is 6.20. The molecule has 0 saturated heterocycles. The summed E-state index contributed by atoms with van der Waals surface area (Å²) in [5.41, 5.74) is 2.42. The Bertz CT molecular complexity index is 604. The van der Waals surface area contributed by atoms with E-state index in [-0.39, 0.29) is 17.3 Å². The zero-order chi connectivity index (χ0) is 13.4. The molecule has 2 aromatic carbocycles. The van der Waals surface area contributed by atoms with E-state index in [1.807, 2.05) is 24.3 Å². The summed E-state index contributed by atoms with van der Waals surface area (Å²) in [5.74, 6) is -1.81. The van der Waals surface area contributed by atoms with E-state index in [1.54, 1.807) is 0 Å². The first kappa shape index (κ1) is 12.0. The summed E-state index contributed by atoms with van der Waals surface area (Å²) < 4.78 is 26.3. The molecule has 0 spiro atoms. The van der Waals surface area contributed by atoms with Gasteiger partial charge >= 0.3 is 0 Å². The van der Waals surface area contributed by atoms with E-state index in [0.717, 1.165) is 29.3 Å². The van der Waals surface area contributed by atoms with Crippen LogP contribution in [0.1, 0.15) is 21.5 Å². The average molecular weight is 258 g/mol.